The molecule has 122 valence electrons. The first-order chi connectivity index (χ1) is 10.3. The third-order valence-corrected chi connectivity index (χ3v) is 5.72. The number of nitro groups is 1. The van der Waals surface area contributed by atoms with E-state index in [1.807, 2.05) is 0 Å². The van der Waals surface area contributed by atoms with Crippen LogP contribution in [-0.4, -0.2) is 38.0 Å². The van der Waals surface area contributed by atoms with Crippen LogP contribution in [0.1, 0.15) is 25.7 Å². The zero-order valence-electron chi connectivity index (χ0n) is 12.6. The highest BCUT2D eigenvalue weighted by atomic mass is 32.2. The molecule has 2 rings (SSSR count). The minimum atomic E-state index is -3.01. The van der Waals surface area contributed by atoms with E-state index in [0.717, 1.165) is 0 Å². The van der Waals surface area contributed by atoms with Crippen molar-refractivity contribution in [3.8, 4) is 5.75 Å². The molecule has 0 atom stereocenters. The van der Waals surface area contributed by atoms with Crippen LogP contribution in [0.15, 0.2) is 18.2 Å². The van der Waals surface area contributed by atoms with Gasteiger partial charge in [0.15, 0.2) is 5.75 Å². The smallest absolute Gasteiger partial charge is 0.333 e. The molecule has 0 bridgehead atoms. The molecule has 0 amide bonds. The lowest BCUT2D eigenvalue weighted by Gasteiger charge is -2.28. The fourth-order valence-electron chi connectivity index (χ4n) is 2.85. The molecule has 7 nitrogen and oxygen atoms in total. The third-order valence-electron chi connectivity index (χ3n) is 4.04. The first-order valence-electron chi connectivity index (χ1n) is 7.09. The van der Waals surface area contributed by atoms with Gasteiger partial charge in [0.1, 0.15) is 15.5 Å². The molecule has 1 aliphatic rings. The van der Waals surface area contributed by atoms with Gasteiger partial charge in [-0.1, -0.05) is 6.07 Å². The second-order valence-electron chi connectivity index (χ2n) is 5.56. The van der Waals surface area contributed by atoms with E-state index in [1.165, 1.54) is 13.4 Å². The van der Waals surface area contributed by atoms with E-state index >= 15 is 0 Å². The summed E-state index contributed by atoms with van der Waals surface area (Å²) in [4.78, 5) is 10.8. The monoisotopic (exact) mass is 328 g/mol. The maximum absolute atomic E-state index is 11.6. The van der Waals surface area contributed by atoms with Crippen LogP contribution in [0.25, 0.3) is 0 Å². The number of hydrogen-bond donors (Lipinski definition) is 1. The van der Waals surface area contributed by atoms with E-state index in [-0.39, 0.29) is 22.7 Å². The Hall–Kier alpha value is -1.83. The molecule has 0 saturated heterocycles. The minimum absolute atomic E-state index is 0.0313. The highest BCUT2D eigenvalue weighted by Gasteiger charge is 2.29. The van der Waals surface area contributed by atoms with Crippen molar-refractivity contribution in [1.29, 1.82) is 0 Å². The van der Waals surface area contributed by atoms with Gasteiger partial charge >= 0.3 is 5.69 Å². The van der Waals surface area contributed by atoms with E-state index in [4.69, 9.17) is 4.74 Å². The number of benzene rings is 1. The number of methoxy groups -OCH3 is 1. The summed E-state index contributed by atoms with van der Waals surface area (Å²) >= 11 is 0. The van der Waals surface area contributed by atoms with E-state index in [0.29, 0.717) is 31.4 Å². The SMILES string of the molecule is COc1cccc(NC2CCC(S(C)(=O)=O)CC2)c1[N+](=O)[O-]. The summed E-state index contributed by atoms with van der Waals surface area (Å²) in [6.07, 6.45) is 3.76. The Bertz CT molecular complexity index is 651. The predicted octanol–water partition coefficient (Wildman–Crippen LogP) is 2.37. The van der Waals surface area contributed by atoms with Gasteiger partial charge in [-0.05, 0) is 37.8 Å². The average molecular weight is 328 g/mol. The molecule has 0 aliphatic heterocycles. The highest BCUT2D eigenvalue weighted by Crippen LogP contribution is 2.36. The Balaban J connectivity index is 2.11. The lowest BCUT2D eigenvalue weighted by Crippen LogP contribution is -2.32. The van der Waals surface area contributed by atoms with Crippen LogP contribution < -0.4 is 10.1 Å². The van der Waals surface area contributed by atoms with E-state index in [1.54, 1.807) is 18.2 Å². The molecule has 1 saturated carbocycles. The number of nitro benzene ring substituents is 1. The molecule has 1 N–H and O–H groups in total. The van der Waals surface area contributed by atoms with Crippen LogP contribution in [-0.2, 0) is 9.84 Å². The van der Waals surface area contributed by atoms with Gasteiger partial charge in [-0.3, -0.25) is 10.1 Å². The predicted molar refractivity (Wildman–Crippen MR) is 84.2 cm³/mol. The molecule has 8 heteroatoms. The molecular weight excluding hydrogens is 308 g/mol. The van der Waals surface area contributed by atoms with Gasteiger partial charge in [-0.2, -0.15) is 0 Å². The number of anilines is 1. The summed E-state index contributed by atoms with van der Waals surface area (Å²) in [5, 5.41) is 14.1. The second kappa shape index (κ2) is 6.51. The molecule has 0 radical (unpaired) electrons. The Morgan fingerprint density at radius 2 is 1.91 bits per heavy atom. The maximum Gasteiger partial charge on any atom is 0.333 e. The van der Waals surface area contributed by atoms with E-state index in [9.17, 15) is 18.5 Å². The zero-order valence-corrected chi connectivity index (χ0v) is 13.4. The number of hydrogen-bond acceptors (Lipinski definition) is 6. The van der Waals surface area contributed by atoms with Crippen molar-refractivity contribution in [2.75, 3.05) is 18.7 Å². The van der Waals surface area contributed by atoms with Crippen molar-refractivity contribution < 1.29 is 18.1 Å². The van der Waals surface area contributed by atoms with Crippen molar-refractivity contribution in [2.24, 2.45) is 0 Å². The standard InChI is InChI=1S/C14H20N2O5S/c1-21-13-5-3-4-12(14(13)16(17)18)15-10-6-8-11(9-7-10)22(2,19)20/h3-5,10-11,15H,6-9H2,1-2H3. The van der Waals surface area contributed by atoms with Gasteiger partial charge in [0, 0.05) is 12.3 Å². The number of para-hydroxylation sites is 1. The van der Waals surface area contributed by atoms with Gasteiger partial charge in [-0.25, -0.2) is 8.42 Å². The molecule has 1 aliphatic carbocycles. The molecule has 0 unspecified atom stereocenters. The molecule has 1 aromatic carbocycles. The normalized spacial score (nSPS) is 22.1. The Morgan fingerprint density at radius 1 is 1.27 bits per heavy atom. The summed E-state index contributed by atoms with van der Waals surface area (Å²) in [7, 11) is -1.62. The Morgan fingerprint density at radius 3 is 2.41 bits per heavy atom. The van der Waals surface area contributed by atoms with Crippen molar-refractivity contribution >= 4 is 21.2 Å². The van der Waals surface area contributed by atoms with Crippen LogP contribution in [0, 0.1) is 10.1 Å². The molecule has 22 heavy (non-hydrogen) atoms. The van der Waals surface area contributed by atoms with Crippen LogP contribution in [0.4, 0.5) is 11.4 Å². The van der Waals surface area contributed by atoms with Gasteiger partial charge in [0.25, 0.3) is 0 Å². The fourth-order valence-corrected chi connectivity index (χ4v) is 3.98. The lowest BCUT2D eigenvalue weighted by molar-refractivity contribution is -0.384. The molecule has 0 heterocycles. The molecule has 1 fully saturated rings. The van der Waals surface area contributed by atoms with Crippen molar-refractivity contribution in [2.45, 2.75) is 37.0 Å². The fraction of sp³-hybridized carbons (Fsp3) is 0.571. The van der Waals surface area contributed by atoms with Crippen LogP contribution in [0.5, 0.6) is 5.75 Å². The highest BCUT2D eigenvalue weighted by molar-refractivity contribution is 7.91. The first-order valence-corrected chi connectivity index (χ1v) is 9.05. The maximum atomic E-state index is 11.6. The largest absolute Gasteiger partial charge is 0.490 e. The lowest BCUT2D eigenvalue weighted by atomic mass is 9.94. The molecule has 1 aromatic rings. The summed E-state index contributed by atoms with van der Waals surface area (Å²) in [5.74, 6) is 0.208. The number of nitrogens with one attached hydrogen (secondary N) is 1. The van der Waals surface area contributed by atoms with Crippen LogP contribution >= 0.6 is 0 Å². The minimum Gasteiger partial charge on any atom is -0.490 e. The third kappa shape index (κ3) is 3.68. The number of sulfone groups is 1. The van der Waals surface area contributed by atoms with E-state index < -0.39 is 14.8 Å². The van der Waals surface area contributed by atoms with Gasteiger partial charge in [0.2, 0.25) is 0 Å². The summed E-state index contributed by atoms with van der Waals surface area (Å²) < 4.78 is 28.1. The molecule has 0 spiro atoms. The topological polar surface area (TPSA) is 98.5 Å². The van der Waals surface area contributed by atoms with Crippen LogP contribution in [0.3, 0.4) is 0 Å². The quantitative estimate of drug-likeness (QED) is 0.658. The van der Waals surface area contributed by atoms with E-state index in [2.05, 4.69) is 5.32 Å². The summed E-state index contributed by atoms with van der Waals surface area (Å²) in [6.45, 7) is 0. The summed E-state index contributed by atoms with van der Waals surface area (Å²) in [5.41, 5.74) is 0.322. The van der Waals surface area contributed by atoms with Crippen LogP contribution in [0.2, 0.25) is 0 Å². The molecule has 0 aromatic heterocycles. The Labute approximate surface area is 129 Å². The molecular formula is C14H20N2O5S. The zero-order chi connectivity index (χ0) is 16.3. The number of rotatable bonds is 5. The second-order valence-corrected chi connectivity index (χ2v) is 7.89. The summed E-state index contributed by atoms with van der Waals surface area (Å²) in [6, 6.07) is 4.91. The number of ether oxygens (including phenoxy) is 1. The van der Waals surface area contributed by atoms with Gasteiger partial charge in [-0.15, -0.1) is 0 Å². The first kappa shape index (κ1) is 16.5. The average Bonchev–Trinajstić information content (AvgIpc) is 2.46. The van der Waals surface area contributed by atoms with Crippen molar-refractivity contribution in [1.82, 2.24) is 0 Å². The van der Waals surface area contributed by atoms with Gasteiger partial charge in [0.05, 0.1) is 17.3 Å². The Kier molecular flexibility index (Phi) is 4.90. The number of nitrogens with zero attached hydrogens (tertiary/aromatic N) is 1. The van der Waals surface area contributed by atoms with Crippen molar-refractivity contribution in [3.63, 3.8) is 0 Å². The van der Waals surface area contributed by atoms with Gasteiger partial charge < -0.3 is 10.1 Å². The van der Waals surface area contributed by atoms with Crippen molar-refractivity contribution in [3.05, 3.63) is 28.3 Å².